The van der Waals surface area contributed by atoms with E-state index in [0.29, 0.717) is 6.61 Å². The molecule has 1 aromatic heterocycles. The van der Waals surface area contributed by atoms with Crippen LogP contribution in [0.15, 0.2) is 16.7 Å². The molecule has 0 amide bonds. The second kappa shape index (κ2) is 7.59. The second-order valence-electron chi connectivity index (χ2n) is 5.21. The van der Waals surface area contributed by atoms with Gasteiger partial charge in [0.2, 0.25) is 0 Å². The van der Waals surface area contributed by atoms with E-state index in [1.165, 1.54) is 31.2 Å². The Hall–Kier alpha value is -0.800. The van der Waals surface area contributed by atoms with Crippen molar-refractivity contribution >= 4 is 0 Å². The van der Waals surface area contributed by atoms with E-state index in [-0.39, 0.29) is 0 Å². The maximum absolute atomic E-state index is 5.82. The van der Waals surface area contributed by atoms with Crippen LogP contribution in [-0.2, 0) is 17.9 Å². The molecule has 1 fully saturated rings. The topological polar surface area (TPSA) is 34.4 Å². The van der Waals surface area contributed by atoms with Gasteiger partial charge in [-0.25, -0.2) is 0 Å². The number of furan rings is 1. The molecule has 0 bridgehead atoms. The van der Waals surface area contributed by atoms with Gasteiger partial charge in [0, 0.05) is 12.2 Å². The van der Waals surface area contributed by atoms with Gasteiger partial charge in [-0.1, -0.05) is 19.8 Å². The molecule has 0 radical (unpaired) electrons. The van der Waals surface area contributed by atoms with Gasteiger partial charge in [-0.05, 0) is 37.8 Å². The third kappa shape index (κ3) is 4.14. The average molecular weight is 251 g/mol. The van der Waals surface area contributed by atoms with E-state index in [2.05, 4.69) is 12.2 Å². The zero-order valence-corrected chi connectivity index (χ0v) is 11.4. The molecule has 1 aromatic rings. The predicted octanol–water partition coefficient (Wildman–Crippen LogP) is 3.49. The largest absolute Gasteiger partial charge is 0.468 e. The van der Waals surface area contributed by atoms with E-state index in [1.807, 2.05) is 6.07 Å². The summed E-state index contributed by atoms with van der Waals surface area (Å²) in [5.41, 5.74) is 1.19. The van der Waals surface area contributed by atoms with Crippen LogP contribution in [0.4, 0.5) is 0 Å². The molecule has 1 aliphatic rings. The first kappa shape index (κ1) is 13.6. The molecule has 1 N–H and O–H groups in total. The summed E-state index contributed by atoms with van der Waals surface area (Å²) < 4.78 is 11.3. The van der Waals surface area contributed by atoms with Gasteiger partial charge in [0.25, 0.3) is 0 Å². The summed E-state index contributed by atoms with van der Waals surface area (Å²) in [7, 11) is 0. The van der Waals surface area contributed by atoms with Gasteiger partial charge in [-0.3, -0.25) is 0 Å². The summed E-state index contributed by atoms with van der Waals surface area (Å²) in [4.78, 5) is 0. The van der Waals surface area contributed by atoms with Gasteiger partial charge < -0.3 is 14.5 Å². The fourth-order valence-corrected chi connectivity index (χ4v) is 2.54. The lowest BCUT2D eigenvalue weighted by Crippen LogP contribution is -2.14. The van der Waals surface area contributed by atoms with Crippen LogP contribution in [0.2, 0.25) is 0 Å². The van der Waals surface area contributed by atoms with Crippen LogP contribution < -0.4 is 5.32 Å². The average Bonchev–Trinajstić information content (AvgIpc) is 3.02. The normalized spacial score (nSPS) is 16.5. The maximum Gasteiger partial charge on any atom is 0.123 e. The molecular formula is C15H25NO2. The third-order valence-corrected chi connectivity index (χ3v) is 3.64. The van der Waals surface area contributed by atoms with Gasteiger partial charge in [0.1, 0.15) is 5.76 Å². The van der Waals surface area contributed by atoms with E-state index in [9.17, 15) is 0 Å². The number of ether oxygens (including phenoxy) is 1. The fraction of sp³-hybridized carbons (Fsp3) is 0.733. The Morgan fingerprint density at radius 2 is 2.22 bits per heavy atom. The van der Waals surface area contributed by atoms with Crippen LogP contribution in [0.25, 0.3) is 0 Å². The van der Waals surface area contributed by atoms with Gasteiger partial charge in [0.05, 0.1) is 19.4 Å². The lowest BCUT2D eigenvalue weighted by molar-refractivity contribution is 0.0878. The summed E-state index contributed by atoms with van der Waals surface area (Å²) in [6.45, 7) is 5.61. The van der Waals surface area contributed by atoms with Gasteiger partial charge in [-0.15, -0.1) is 0 Å². The zero-order valence-electron chi connectivity index (χ0n) is 11.4. The molecule has 0 spiro atoms. The van der Waals surface area contributed by atoms with Crippen molar-refractivity contribution < 1.29 is 9.15 Å². The van der Waals surface area contributed by atoms with Crippen LogP contribution in [0.1, 0.15) is 50.4 Å². The smallest absolute Gasteiger partial charge is 0.123 e. The molecule has 3 nitrogen and oxygen atoms in total. The quantitative estimate of drug-likeness (QED) is 0.718. The Kier molecular flexibility index (Phi) is 5.75. The highest BCUT2D eigenvalue weighted by Crippen LogP contribution is 2.25. The number of rotatable bonds is 8. The first-order chi connectivity index (χ1) is 8.90. The zero-order chi connectivity index (χ0) is 12.6. The van der Waals surface area contributed by atoms with E-state index in [1.54, 1.807) is 6.26 Å². The van der Waals surface area contributed by atoms with E-state index in [4.69, 9.17) is 9.15 Å². The third-order valence-electron chi connectivity index (χ3n) is 3.64. The van der Waals surface area contributed by atoms with Crippen LogP contribution in [0.5, 0.6) is 0 Å². The van der Waals surface area contributed by atoms with Crippen molar-refractivity contribution in [2.24, 2.45) is 5.92 Å². The lowest BCUT2D eigenvalue weighted by atomic mass is 10.1. The van der Waals surface area contributed by atoms with Crippen LogP contribution in [0.3, 0.4) is 0 Å². The first-order valence-electron chi connectivity index (χ1n) is 7.24. The molecule has 0 aromatic carbocycles. The Bertz CT molecular complexity index is 329. The molecule has 0 unspecified atom stereocenters. The highest BCUT2D eigenvalue weighted by Gasteiger charge is 2.15. The second-order valence-corrected chi connectivity index (χ2v) is 5.21. The molecule has 0 saturated heterocycles. The van der Waals surface area contributed by atoms with Crippen molar-refractivity contribution in [3.8, 4) is 0 Å². The molecular weight excluding hydrogens is 226 g/mol. The molecule has 1 saturated carbocycles. The molecule has 18 heavy (non-hydrogen) atoms. The molecule has 0 atom stereocenters. The Labute approximate surface area is 110 Å². The predicted molar refractivity (Wildman–Crippen MR) is 72.3 cm³/mol. The Morgan fingerprint density at radius 3 is 3.00 bits per heavy atom. The highest BCUT2D eigenvalue weighted by atomic mass is 16.5. The van der Waals surface area contributed by atoms with Crippen molar-refractivity contribution in [2.75, 3.05) is 13.2 Å². The molecule has 3 heteroatoms. The van der Waals surface area contributed by atoms with Crippen molar-refractivity contribution in [1.29, 1.82) is 0 Å². The number of hydrogen-bond donors (Lipinski definition) is 1. The number of nitrogens with one attached hydrogen (secondary N) is 1. The molecule has 2 rings (SSSR count). The first-order valence-corrected chi connectivity index (χ1v) is 7.24. The minimum atomic E-state index is 0.691. The monoisotopic (exact) mass is 251 g/mol. The summed E-state index contributed by atoms with van der Waals surface area (Å²) >= 11 is 0. The lowest BCUT2D eigenvalue weighted by Gasteiger charge is -2.10. The van der Waals surface area contributed by atoms with Crippen molar-refractivity contribution in [3.05, 3.63) is 23.7 Å². The summed E-state index contributed by atoms with van der Waals surface area (Å²) in [6.07, 6.45) is 8.36. The molecule has 102 valence electrons. The van der Waals surface area contributed by atoms with Gasteiger partial charge >= 0.3 is 0 Å². The maximum atomic E-state index is 5.82. The van der Waals surface area contributed by atoms with Crippen LogP contribution >= 0.6 is 0 Å². The minimum Gasteiger partial charge on any atom is -0.468 e. The fourth-order valence-electron chi connectivity index (χ4n) is 2.54. The standard InChI is InChI=1S/C15H25NO2/c1-2-8-16-10-15-14(7-9-18-15)12-17-11-13-5-3-4-6-13/h7,9,13,16H,2-6,8,10-12H2,1H3. The van der Waals surface area contributed by atoms with Crippen molar-refractivity contribution in [1.82, 2.24) is 5.32 Å². The molecule has 1 heterocycles. The number of hydrogen-bond acceptors (Lipinski definition) is 3. The van der Waals surface area contributed by atoms with Gasteiger partial charge in [0.15, 0.2) is 0 Å². The SMILES string of the molecule is CCCNCc1occc1COCC1CCCC1. The van der Waals surface area contributed by atoms with E-state index < -0.39 is 0 Å². The molecule has 1 aliphatic carbocycles. The molecule has 0 aliphatic heterocycles. The highest BCUT2D eigenvalue weighted by molar-refractivity contribution is 5.15. The van der Waals surface area contributed by atoms with Crippen LogP contribution in [0, 0.1) is 5.92 Å². The van der Waals surface area contributed by atoms with Gasteiger partial charge in [-0.2, -0.15) is 0 Å². The summed E-state index contributed by atoms with van der Waals surface area (Å²) in [5, 5.41) is 3.36. The summed E-state index contributed by atoms with van der Waals surface area (Å²) in [5.74, 6) is 1.81. The summed E-state index contributed by atoms with van der Waals surface area (Å²) in [6, 6.07) is 2.03. The Balaban J connectivity index is 1.69. The van der Waals surface area contributed by atoms with Crippen LogP contribution in [-0.4, -0.2) is 13.2 Å². The van der Waals surface area contributed by atoms with Crippen molar-refractivity contribution in [2.45, 2.75) is 52.2 Å². The minimum absolute atomic E-state index is 0.691. The van der Waals surface area contributed by atoms with Crippen molar-refractivity contribution in [3.63, 3.8) is 0 Å². The van der Waals surface area contributed by atoms with E-state index >= 15 is 0 Å². The van der Waals surface area contributed by atoms with E-state index in [0.717, 1.165) is 37.8 Å². The Morgan fingerprint density at radius 1 is 1.39 bits per heavy atom.